The average Bonchev–Trinajstić information content (AvgIpc) is 3.79. The quantitative estimate of drug-likeness (QED) is 0.0861. The molecule has 6 rings (SSSR count). The fourth-order valence-electron chi connectivity index (χ4n) is 5.71. The maximum absolute atomic E-state index is 14.3. The number of ether oxygens (including phenoxy) is 5. The van der Waals surface area contributed by atoms with Crippen LogP contribution in [0.4, 0.5) is 35.1 Å². The van der Waals surface area contributed by atoms with Crippen LogP contribution in [0.15, 0.2) is 91.0 Å². The number of rotatable bonds is 17. The second-order valence-corrected chi connectivity index (χ2v) is 16.2. The molecule has 64 heavy (non-hydrogen) atoms. The van der Waals surface area contributed by atoms with Crippen LogP contribution in [-0.4, -0.2) is 47.9 Å². The largest absolute Gasteiger partial charge is 0.488 e. The first kappa shape index (κ1) is 48.7. The third kappa shape index (κ3) is 13.3. The Hall–Kier alpha value is -6.34. The van der Waals surface area contributed by atoms with E-state index in [1.807, 2.05) is 19.9 Å². The number of carbonyl (C=O) groups is 2. The lowest BCUT2D eigenvalue weighted by molar-refractivity contribution is -0.253. The molecule has 0 spiro atoms. The van der Waals surface area contributed by atoms with Crippen LogP contribution in [0.2, 0.25) is 0 Å². The van der Waals surface area contributed by atoms with Crippen LogP contribution in [0, 0.1) is 33.5 Å². The van der Waals surface area contributed by atoms with Gasteiger partial charge in [-0.3, -0.25) is 0 Å². The van der Waals surface area contributed by atoms with Crippen LogP contribution in [0.1, 0.15) is 37.6 Å². The van der Waals surface area contributed by atoms with Gasteiger partial charge in [-0.15, -0.1) is 22.7 Å². The third-order valence-corrected chi connectivity index (χ3v) is 11.5. The summed E-state index contributed by atoms with van der Waals surface area (Å²) < 4.78 is 129. The summed E-state index contributed by atoms with van der Waals surface area (Å²) in [5.74, 6) is -1.41. The highest BCUT2D eigenvalue weighted by Gasteiger charge is 2.44. The first-order valence-corrected chi connectivity index (χ1v) is 20.4. The molecule has 0 aliphatic heterocycles. The molecule has 9 nitrogen and oxygen atoms in total. The number of aliphatic carboxylic acids is 2. The second-order valence-electron chi connectivity index (χ2n) is 13.9. The van der Waals surface area contributed by atoms with E-state index >= 15 is 0 Å². The first-order chi connectivity index (χ1) is 30.1. The number of carboxylic acid groups (broad SMARTS) is 2. The molecule has 0 bridgehead atoms. The van der Waals surface area contributed by atoms with Crippen molar-refractivity contribution in [1.82, 2.24) is 0 Å². The minimum absolute atomic E-state index is 0.100. The van der Waals surface area contributed by atoms with Gasteiger partial charge < -0.3 is 33.9 Å². The molecule has 340 valence electrons. The van der Waals surface area contributed by atoms with Crippen LogP contribution in [0.5, 0.6) is 28.7 Å². The summed E-state index contributed by atoms with van der Waals surface area (Å²) in [7, 11) is 0. The zero-order valence-electron chi connectivity index (χ0n) is 34.2. The molecule has 0 amide bonds. The summed E-state index contributed by atoms with van der Waals surface area (Å²) in [6.07, 6.45) is -13.1. The molecule has 2 N–H and O–H groups in total. The molecule has 2 aromatic heterocycles. The van der Waals surface area contributed by atoms with Crippen molar-refractivity contribution in [3.8, 4) is 49.6 Å². The van der Waals surface area contributed by atoms with Crippen molar-refractivity contribution in [2.24, 2.45) is 0 Å². The minimum Gasteiger partial charge on any atom is -0.488 e. The van der Waals surface area contributed by atoms with Crippen LogP contribution in [-0.2, 0) is 29.0 Å². The van der Waals surface area contributed by atoms with Gasteiger partial charge in [-0.2, -0.15) is 30.7 Å². The molecule has 0 aliphatic rings. The molecule has 6 aromatic rings. The molecule has 2 heterocycles. The Kier molecular flexibility index (Phi) is 15.9. The maximum atomic E-state index is 14.3. The smallest absolute Gasteiger partial charge is 0.461 e. The second kappa shape index (κ2) is 20.9. The van der Waals surface area contributed by atoms with Gasteiger partial charge in [0, 0.05) is 25.1 Å². The summed E-state index contributed by atoms with van der Waals surface area (Å²) in [5, 5.41) is 17.4. The molecule has 0 radical (unpaired) electrons. The van der Waals surface area contributed by atoms with Crippen LogP contribution in [0.25, 0.3) is 20.9 Å². The van der Waals surface area contributed by atoms with E-state index in [2.05, 4.69) is 4.74 Å². The van der Waals surface area contributed by atoms with Gasteiger partial charge in [-0.05, 0) is 140 Å². The zero-order valence-corrected chi connectivity index (χ0v) is 35.8. The van der Waals surface area contributed by atoms with Gasteiger partial charge in [0.15, 0.2) is 13.2 Å². The Morgan fingerprint density at radius 3 is 1.50 bits per heavy atom. The SMILES string of the molecule is Cc1cc(OCc2sc(-c3ccc(C(F)(F)F)cc3F)cc2C)ccc1OCC(=O)O.Cc1cc(OCc2sc(-c3ccc(OC(F)(F)C(F)F)cc3)cc2C)ccc1OCC(=O)O. The normalized spacial score (nSPS) is 11.5. The van der Waals surface area contributed by atoms with E-state index in [1.54, 1.807) is 56.3 Å². The summed E-state index contributed by atoms with van der Waals surface area (Å²) in [4.78, 5) is 24.3. The van der Waals surface area contributed by atoms with Gasteiger partial charge in [-0.25, -0.2) is 14.0 Å². The number of hydrogen-bond donors (Lipinski definition) is 2. The number of thiophene rings is 2. The van der Waals surface area contributed by atoms with Gasteiger partial charge in [0.1, 0.15) is 47.8 Å². The van der Waals surface area contributed by atoms with E-state index in [4.69, 9.17) is 29.2 Å². The standard InChI is InChI=1S/C23H20F4O5S.C22H18F4O4S/c1-13-9-17(7-8-18(13)31-12-21(28)29)30-11-20-14(2)10-19(33-20)15-3-5-16(6-4-15)32-23(26,27)22(24)25;1-12-7-15(4-6-18(12)30-11-21(27)28)29-10-20-13(2)8-19(31-20)16-5-3-14(9-17(16)23)22(24,25)26/h3-10,22H,11-12H2,1-2H3,(H,28,29);3-9H,10-11H2,1-2H3,(H,27,28). The molecule has 4 aromatic carbocycles. The van der Waals surface area contributed by atoms with E-state index < -0.39 is 55.2 Å². The Bertz CT molecular complexity index is 2570. The highest BCUT2D eigenvalue weighted by molar-refractivity contribution is 7.16. The lowest BCUT2D eigenvalue weighted by Gasteiger charge is -2.16. The maximum Gasteiger partial charge on any atom is 0.461 e. The molecule has 0 fully saturated rings. The predicted octanol–water partition coefficient (Wildman–Crippen LogP) is 12.5. The van der Waals surface area contributed by atoms with Crippen LogP contribution < -0.4 is 23.7 Å². The summed E-state index contributed by atoms with van der Waals surface area (Å²) >= 11 is 2.69. The molecule has 0 saturated heterocycles. The zero-order chi connectivity index (χ0) is 46.9. The molecule has 0 aliphatic carbocycles. The van der Waals surface area contributed by atoms with Crippen molar-refractivity contribution in [3.63, 3.8) is 0 Å². The average molecular weight is 939 g/mol. The van der Waals surface area contributed by atoms with Crippen molar-refractivity contribution in [2.75, 3.05) is 13.2 Å². The molecule has 0 unspecified atom stereocenters. The minimum atomic E-state index is -4.60. The van der Waals surface area contributed by atoms with Gasteiger partial charge in [0.2, 0.25) is 0 Å². The van der Waals surface area contributed by atoms with Gasteiger partial charge >= 0.3 is 30.6 Å². The van der Waals surface area contributed by atoms with Gasteiger partial charge in [0.05, 0.1) is 5.56 Å². The molecule has 19 heteroatoms. The lowest BCUT2D eigenvalue weighted by Crippen LogP contribution is -2.33. The highest BCUT2D eigenvalue weighted by atomic mass is 32.1. The van der Waals surface area contributed by atoms with Crippen LogP contribution in [0.3, 0.4) is 0 Å². The summed E-state index contributed by atoms with van der Waals surface area (Å²) in [6, 6.07) is 21.6. The van der Waals surface area contributed by atoms with E-state index in [1.165, 1.54) is 46.9 Å². The summed E-state index contributed by atoms with van der Waals surface area (Å²) in [5.41, 5.74) is 3.03. The Morgan fingerprint density at radius 2 is 1.06 bits per heavy atom. The van der Waals surface area contributed by atoms with E-state index in [-0.39, 0.29) is 24.5 Å². The lowest BCUT2D eigenvalue weighted by atomic mass is 10.1. The van der Waals surface area contributed by atoms with Crippen LogP contribution >= 0.6 is 22.7 Å². The fraction of sp³-hybridized carbons (Fsp3) is 0.244. The van der Waals surface area contributed by atoms with Crippen molar-refractivity contribution in [3.05, 3.63) is 134 Å². The number of benzene rings is 4. The number of alkyl halides is 7. The molecular weight excluding hydrogens is 901 g/mol. The predicted molar refractivity (Wildman–Crippen MR) is 223 cm³/mol. The number of halogens is 8. The molecule has 0 atom stereocenters. The molecular formula is C45H38F8O9S2. The number of hydrogen-bond acceptors (Lipinski definition) is 9. The van der Waals surface area contributed by atoms with Crippen molar-refractivity contribution >= 4 is 34.6 Å². The van der Waals surface area contributed by atoms with Crippen molar-refractivity contribution in [2.45, 2.75) is 59.6 Å². The van der Waals surface area contributed by atoms with E-state index in [0.29, 0.717) is 39.5 Å². The number of carboxylic acids is 2. The fourth-order valence-corrected chi connectivity index (χ4v) is 7.91. The van der Waals surface area contributed by atoms with Gasteiger partial charge in [0.25, 0.3) is 0 Å². The number of aryl methyl sites for hydroxylation is 4. The Balaban J connectivity index is 0.000000241. The highest BCUT2D eigenvalue weighted by Crippen LogP contribution is 2.38. The van der Waals surface area contributed by atoms with Crippen molar-refractivity contribution < 1.29 is 78.6 Å². The Labute approximate surface area is 369 Å². The van der Waals surface area contributed by atoms with E-state index in [0.717, 1.165) is 49.0 Å². The van der Waals surface area contributed by atoms with Crippen molar-refractivity contribution in [1.29, 1.82) is 0 Å². The first-order valence-electron chi connectivity index (χ1n) is 18.8. The van der Waals surface area contributed by atoms with Gasteiger partial charge in [-0.1, -0.05) is 6.07 Å². The third-order valence-electron chi connectivity index (χ3n) is 8.98. The topological polar surface area (TPSA) is 121 Å². The summed E-state index contributed by atoms with van der Waals surface area (Å²) in [6.45, 7) is 6.86. The Morgan fingerprint density at radius 1 is 0.594 bits per heavy atom. The monoisotopic (exact) mass is 938 g/mol. The molecule has 0 saturated carbocycles. The van der Waals surface area contributed by atoms with E-state index in [9.17, 15) is 44.7 Å².